The van der Waals surface area contributed by atoms with E-state index in [0.717, 1.165) is 38.6 Å². The summed E-state index contributed by atoms with van der Waals surface area (Å²) in [5, 5.41) is 7.24. The molecule has 0 spiro atoms. The minimum Gasteiger partial charge on any atom is -0.373 e. The predicted octanol–water partition coefficient (Wildman–Crippen LogP) is 3.36. The van der Waals surface area contributed by atoms with Crippen LogP contribution in [0, 0.1) is 18.8 Å². The normalized spacial score (nSPS) is 29.3. The van der Waals surface area contributed by atoms with E-state index in [4.69, 9.17) is 4.74 Å². The molecule has 2 aliphatic heterocycles. The van der Waals surface area contributed by atoms with E-state index < -0.39 is 0 Å². The second-order valence-corrected chi connectivity index (χ2v) is 8.83. The molecular formula is C23H38N4O. The largest absolute Gasteiger partial charge is 0.373 e. The molecule has 0 saturated carbocycles. The number of aliphatic imine (C=N–C) groups is 1. The van der Waals surface area contributed by atoms with Crippen LogP contribution < -0.4 is 10.6 Å². The summed E-state index contributed by atoms with van der Waals surface area (Å²) in [5.41, 5.74) is 2.58. The fourth-order valence-electron chi connectivity index (χ4n) is 4.39. The molecule has 0 bridgehead atoms. The van der Waals surface area contributed by atoms with Crippen LogP contribution in [0.25, 0.3) is 0 Å². The highest BCUT2D eigenvalue weighted by molar-refractivity contribution is 5.80. The van der Waals surface area contributed by atoms with Crippen LogP contribution in [-0.4, -0.2) is 56.2 Å². The Morgan fingerprint density at radius 1 is 1.25 bits per heavy atom. The molecule has 5 nitrogen and oxygen atoms in total. The van der Waals surface area contributed by atoms with Gasteiger partial charge in [0.05, 0.1) is 6.10 Å². The van der Waals surface area contributed by atoms with Gasteiger partial charge in [0.2, 0.25) is 0 Å². The second-order valence-electron chi connectivity index (χ2n) is 8.83. The van der Waals surface area contributed by atoms with Crippen LogP contribution in [0.3, 0.4) is 0 Å². The molecule has 28 heavy (non-hydrogen) atoms. The van der Waals surface area contributed by atoms with Gasteiger partial charge in [-0.05, 0) is 45.1 Å². The van der Waals surface area contributed by atoms with Crippen molar-refractivity contribution in [1.82, 2.24) is 15.5 Å². The van der Waals surface area contributed by atoms with E-state index in [1.807, 2.05) is 7.05 Å². The molecule has 3 rings (SSSR count). The lowest BCUT2D eigenvalue weighted by Gasteiger charge is -2.33. The standard InChI is InChI=1S/C23H38N4O/c1-16(2)27-14-18(4)21(15-27)26-23(24-5)25-13-20-7-6-12-28-22(20)19-10-8-17(3)9-11-19/h8-11,16,18,20-22H,6-7,12-15H2,1-5H3,(H2,24,25,26). The zero-order valence-corrected chi connectivity index (χ0v) is 18.2. The van der Waals surface area contributed by atoms with Crippen LogP contribution in [0.1, 0.15) is 50.8 Å². The van der Waals surface area contributed by atoms with Crippen molar-refractivity contribution in [2.45, 2.75) is 58.7 Å². The Kier molecular flexibility index (Phi) is 7.36. The van der Waals surface area contributed by atoms with Crippen LogP contribution >= 0.6 is 0 Å². The van der Waals surface area contributed by atoms with Crippen molar-refractivity contribution in [3.8, 4) is 0 Å². The van der Waals surface area contributed by atoms with Gasteiger partial charge in [-0.1, -0.05) is 36.8 Å². The number of likely N-dealkylation sites (tertiary alicyclic amines) is 1. The molecule has 2 saturated heterocycles. The summed E-state index contributed by atoms with van der Waals surface area (Å²) in [4.78, 5) is 7.02. The third-order valence-corrected chi connectivity index (χ3v) is 6.30. The molecule has 1 aromatic rings. The van der Waals surface area contributed by atoms with Crippen molar-refractivity contribution in [3.05, 3.63) is 35.4 Å². The molecule has 5 heteroatoms. The van der Waals surface area contributed by atoms with E-state index in [9.17, 15) is 0 Å². The average molecular weight is 387 g/mol. The van der Waals surface area contributed by atoms with Gasteiger partial charge in [-0.2, -0.15) is 0 Å². The Labute approximate surface area is 170 Å². The van der Waals surface area contributed by atoms with Gasteiger partial charge in [0, 0.05) is 51.3 Å². The Morgan fingerprint density at radius 3 is 2.64 bits per heavy atom. The monoisotopic (exact) mass is 386 g/mol. The minimum absolute atomic E-state index is 0.168. The first kappa shape index (κ1) is 21.1. The molecule has 2 N–H and O–H groups in total. The van der Waals surface area contributed by atoms with Crippen molar-refractivity contribution in [2.24, 2.45) is 16.8 Å². The lowest BCUT2D eigenvalue weighted by molar-refractivity contribution is -0.0265. The van der Waals surface area contributed by atoms with Crippen LogP contribution in [0.4, 0.5) is 0 Å². The zero-order chi connectivity index (χ0) is 20.1. The lowest BCUT2D eigenvalue weighted by atomic mass is 9.89. The number of nitrogens with zero attached hydrogens (tertiary/aromatic N) is 2. The number of rotatable bonds is 5. The summed E-state index contributed by atoms with van der Waals surface area (Å²) in [5.74, 6) is 2.00. The van der Waals surface area contributed by atoms with Gasteiger partial charge < -0.3 is 15.4 Å². The first-order chi connectivity index (χ1) is 13.5. The second kappa shape index (κ2) is 9.75. The van der Waals surface area contributed by atoms with Crippen LogP contribution in [0.5, 0.6) is 0 Å². The van der Waals surface area contributed by atoms with Crippen LogP contribution in [0.15, 0.2) is 29.3 Å². The van der Waals surface area contributed by atoms with Gasteiger partial charge in [-0.25, -0.2) is 0 Å². The van der Waals surface area contributed by atoms with Gasteiger partial charge >= 0.3 is 0 Å². The molecule has 1 aromatic carbocycles. The maximum Gasteiger partial charge on any atom is 0.191 e. The van der Waals surface area contributed by atoms with E-state index in [2.05, 4.69) is 72.5 Å². The highest BCUT2D eigenvalue weighted by Gasteiger charge is 2.32. The maximum atomic E-state index is 6.17. The first-order valence-electron chi connectivity index (χ1n) is 10.9. The van der Waals surface area contributed by atoms with Gasteiger partial charge in [-0.3, -0.25) is 9.89 Å². The fraction of sp³-hybridized carbons (Fsp3) is 0.696. The quantitative estimate of drug-likeness (QED) is 0.602. The molecule has 0 aromatic heterocycles. The number of nitrogens with one attached hydrogen (secondary N) is 2. The van der Waals surface area contributed by atoms with Gasteiger partial charge in [0.15, 0.2) is 5.96 Å². The third kappa shape index (κ3) is 5.26. The number of hydrogen-bond acceptors (Lipinski definition) is 3. The van der Waals surface area contributed by atoms with E-state index in [0.29, 0.717) is 23.9 Å². The molecule has 0 radical (unpaired) electrons. The van der Waals surface area contributed by atoms with Crippen molar-refractivity contribution < 1.29 is 4.74 Å². The average Bonchev–Trinajstić information content (AvgIpc) is 3.07. The molecule has 156 valence electrons. The fourth-order valence-corrected chi connectivity index (χ4v) is 4.39. The molecule has 0 aliphatic carbocycles. The molecule has 4 atom stereocenters. The van der Waals surface area contributed by atoms with Crippen LogP contribution in [-0.2, 0) is 4.74 Å². The summed E-state index contributed by atoms with van der Waals surface area (Å²) in [6.45, 7) is 13.0. The number of hydrogen-bond donors (Lipinski definition) is 2. The van der Waals surface area contributed by atoms with Gasteiger partial charge in [0.25, 0.3) is 0 Å². The Morgan fingerprint density at radius 2 is 2.00 bits per heavy atom. The highest BCUT2D eigenvalue weighted by Crippen LogP contribution is 2.33. The van der Waals surface area contributed by atoms with Crippen molar-refractivity contribution in [3.63, 3.8) is 0 Å². The van der Waals surface area contributed by atoms with Gasteiger partial charge in [-0.15, -0.1) is 0 Å². The number of ether oxygens (including phenoxy) is 1. The summed E-state index contributed by atoms with van der Waals surface area (Å²) in [7, 11) is 1.87. The Bertz CT molecular complexity index is 643. The van der Waals surface area contributed by atoms with Crippen molar-refractivity contribution in [1.29, 1.82) is 0 Å². The molecular weight excluding hydrogens is 348 g/mol. The molecule has 2 fully saturated rings. The SMILES string of the molecule is CN=C(NCC1CCCOC1c1ccc(C)cc1)NC1CN(C(C)C)CC1C. The number of benzene rings is 1. The topological polar surface area (TPSA) is 48.9 Å². The Balaban J connectivity index is 1.56. The van der Waals surface area contributed by atoms with E-state index in [-0.39, 0.29) is 6.10 Å². The van der Waals surface area contributed by atoms with E-state index in [1.165, 1.54) is 17.5 Å². The summed E-state index contributed by atoms with van der Waals surface area (Å²) >= 11 is 0. The van der Waals surface area contributed by atoms with Crippen molar-refractivity contribution >= 4 is 5.96 Å². The van der Waals surface area contributed by atoms with Gasteiger partial charge in [0.1, 0.15) is 0 Å². The van der Waals surface area contributed by atoms with Crippen molar-refractivity contribution in [2.75, 3.05) is 33.3 Å². The summed E-state index contributed by atoms with van der Waals surface area (Å²) < 4.78 is 6.17. The number of guanidine groups is 1. The third-order valence-electron chi connectivity index (χ3n) is 6.30. The number of aryl methyl sites for hydroxylation is 1. The van der Waals surface area contributed by atoms with E-state index >= 15 is 0 Å². The summed E-state index contributed by atoms with van der Waals surface area (Å²) in [6, 6.07) is 9.83. The first-order valence-corrected chi connectivity index (χ1v) is 10.9. The summed E-state index contributed by atoms with van der Waals surface area (Å²) in [6.07, 6.45) is 2.48. The van der Waals surface area contributed by atoms with Crippen LogP contribution in [0.2, 0.25) is 0 Å². The maximum absolute atomic E-state index is 6.17. The zero-order valence-electron chi connectivity index (χ0n) is 18.2. The molecule has 2 heterocycles. The smallest absolute Gasteiger partial charge is 0.191 e. The lowest BCUT2D eigenvalue weighted by Crippen LogP contribution is -2.48. The Hall–Kier alpha value is -1.59. The predicted molar refractivity (Wildman–Crippen MR) is 117 cm³/mol. The minimum atomic E-state index is 0.168. The highest BCUT2D eigenvalue weighted by atomic mass is 16.5. The molecule has 2 aliphatic rings. The van der Waals surface area contributed by atoms with E-state index in [1.54, 1.807) is 0 Å². The molecule has 0 amide bonds. The molecule has 4 unspecified atom stereocenters.